The molecular weight excluding hydrogens is 394 g/mol. The zero-order chi connectivity index (χ0) is 20.9. The number of esters is 1. The van der Waals surface area contributed by atoms with Gasteiger partial charge in [-0.05, 0) is 67.6 Å². The first-order valence-corrected chi connectivity index (χ1v) is 12.0. The fourth-order valence-corrected chi connectivity index (χ4v) is 5.77. The highest BCUT2D eigenvalue weighted by Crippen LogP contribution is 2.33. The molecule has 1 aliphatic heterocycles. The summed E-state index contributed by atoms with van der Waals surface area (Å²) in [5, 5.41) is 0. The lowest BCUT2D eigenvalue weighted by Gasteiger charge is -2.32. The number of carbonyl (C=O) groups excluding carboxylic acids is 2. The first kappa shape index (κ1) is 21.1. The number of likely N-dealkylation sites (tertiary alicyclic amines) is 1. The number of rotatable bonds is 6. The SMILES string of the molecule is CC[C@H]1CCc2sc(C(=O)OCC(=O)N3CCC(Cc4ccccc4)CC3)cc2C1. The molecule has 1 amide bonds. The van der Waals surface area contributed by atoms with Crippen molar-refractivity contribution in [3.63, 3.8) is 0 Å². The van der Waals surface area contributed by atoms with E-state index in [0.29, 0.717) is 10.8 Å². The number of aryl methyl sites for hydroxylation is 1. The molecule has 1 aromatic carbocycles. The first-order valence-electron chi connectivity index (χ1n) is 11.2. The molecule has 1 saturated heterocycles. The number of fused-ring (bicyclic) bond motifs is 1. The van der Waals surface area contributed by atoms with Gasteiger partial charge >= 0.3 is 5.97 Å². The molecule has 5 heteroatoms. The van der Waals surface area contributed by atoms with E-state index in [1.54, 1.807) is 11.3 Å². The normalized spacial score (nSPS) is 19.4. The Labute approximate surface area is 183 Å². The Balaban J connectivity index is 1.22. The Morgan fingerprint density at radius 1 is 1.10 bits per heavy atom. The maximum atomic E-state index is 12.5. The predicted molar refractivity (Wildman–Crippen MR) is 120 cm³/mol. The van der Waals surface area contributed by atoms with Crippen LogP contribution in [0.5, 0.6) is 0 Å². The van der Waals surface area contributed by atoms with Crippen LogP contribution in [0.25, 0.3) is 0 Å². The molecule has 2 heterocycles. The average molecular weight is 426 g/mol. The molecule has 2 aliphatic rings. The number of amides is 1. The number of hydrogen-bond donors (Lipinski definition) is 0. The summed E-state index contributed by atoms with van der Waals surface area (Å²) in [4.78, 5) is 28.8. The topological polar surface area (TPSA) is 46.6 Å². The van der Waals surface area contributed by atoms with Crippen LogP contribution < -0.4 is 0 Å². The minimum absolute atomic E-state index is 0.0751. The predicted octanol–water partition coefficient (Wildman–Crippen LogP) is 4.90. The molecule has 4 nitrogen and oxygen atoms in total. The molecule has 0 N–H and O–H groups in total. The van der Waals surface area contributed by atoms with Gasteiger partial charge in [0.15, 0.2) is 6.61 Å². The number of piperidine rings is 1. The van der Waals surface area contributed by atoms with Crippen molar-refractivity contribution in [2.75, 3.05) is 19.7 Å². The quantitative estimate of drug-likeness (QED) is 0.619. The van der Waals surface area contributed by atoms with E-state index in [1.165, 1.54) is 28.8 Å². The molecule has 4 rings (SSSR count). The third-order valence-electron chi connectivity index (χ3n) is 6.62. The van der Waals surface area contributed by atoms with Gasteiger partial charge in [0, 0.05) is 18.0 Å². The van der Waals surface area contributed by atoms with Gasteiger partial charge in [-0.3, -0.25) is 4.79 Å². The summed E-state index contributed by atoms with van der Waals surface area (Å²) >= 11 is 1.54. The summed E-state index contributed by atoms with van der Waals surface area (Å²) in [6, 6.07) is 12.5. The van der Waals surface area contributed by atoms with Crippen molar-refractivity contribution in [2.24, 2.45) is 11.8 Å². The molecule has 160 valence electrons. The molecular formula is C25H31NO3S. The van der Waals surface area contributed by atoms with Gasteiger partial charge in [-0.25, -0.2) is 4.79 Å². The molecule has 0 unspecified atom stereocenters. The zero-order valence-corrected chi connectivity index (χ0v) is 18.6. The summed E-state index contributed by atoms with van der Waals surface area (Å²) < 4.78 is 5.38. The van der Waals surface area contributed by atoms with Crippen LogP contribution in [0.4, 0.5) is 0 Å². The van der Waals surface area contributed by atoms with Crippen LogP contribution in [0.2, 0.25) is 0 Å². The Bertz CT molecular complexity index is 868. The van der Waals surface area contributed by atoms with Crippen LogP contribution in [-0.2, 0) is 28.8 Å². The molecule has 0 bridgehead atoms. The van der Waals surface area contributed by atoms with Crippen LogP contribution in [0, 0.1) is 11.8 Å². The van der Waals surface area contributed by atoms with E-state index in [-0.39, 0.29) is 18.5 Å². The second-order valence-electron chi connectivity index (χ2n) is 8.67. The third-order valence-corrected chi connectivity index (χ3v) is 7.84. The Hall–Kier alpha value is -2.14. The van der Waals surface area contributed by atoms with E-state index in [2.05, 4.69) is 31.2 Å². The highest BCUT2D eigenvalue weighted by atomic mass is 32.1. The summed E-state index contributed by atoms with van der Waals surface area (Å²) in [5.74, 6) is 0.911. The van der Waals surface area contributed by atoms with Crippen LogP contribution >= 0.6 is 11.3 Å². The van der Waals surface area contributed by atoms with Gasteiger partial charge in [0.2, 0.25) is 0 Å². The van der Waals surface area contributed by atoms with Crippen molar-refractivity contribution in [3.05, 3.63) is 57.3 Å². The van der Waals surface area contributed by atoms with E-state index >= 15 is 0 Å². The maximum absolute atomic E-state index is 12.5. The van der Waals surface area contributed by atoms with Crippen molar-refractivity contribution in [2.45, 2.75) is 51.9 Å². The molecule has 1 aromatic heterocycles. The fourth-order valence-electron chi connectivity index (χ4n) is 4.67. The number of hydrogen-bond acceptors (Lipinski definition) is 4. The largest absolute Gasteiger partial charge is 0.451 e. The minimum Gasteiger partial charge on any atom is -0.451 e. The smallest absolute Gasteiger partial charge is 0.348 e. The van der Waals surface area contributed by atoms with Gasteiger partial charge in [-0.15, -0.1) is 11.3 Å². The molecule has 1 atom stereocenters. The summed E-state index contributed by atoms with van der Waals surface area (Å²) in [5.41, 5.74) is 2.66. The molecule has 0 spiro atoms. The van der Waals surface area contributed by atoms with Crippen molar-refractivity contribution >= 4 is 23.2 Å². The molecule has 2 aromatic rings. The lowest BCUT2D eigenvalue weighted by Crippen LogP contribution is -2.41. The lowest BCUT2D eigenvalue weighted by atomic mass is 9.87. The van der Waals surface area contributed by atoms with Gasteiger partial charge < -0.3 is 9.64 Å². The van der Waals surface area contributed by atoms with Crippen molar-refractivity contribution in [1.29, 1.82) is 0 Å². The average Bonchev–Trinajstić information content (AvgIpc) is 3.22. The van der Waals surface area contributed by atoms with Gasteiger partial charge in [-0.1, -0.05) is 43.7 Å². The fraction of sp³-hybridized carbons (Fsp3) is 0.520. The highest BCUT2D eigenvalue weighted by molar-refractivity contribution is 7.14. The molecule has 1 fully saturated rings. The van der Waals surface area contributed by atoms with Crippen LogP contribution in [0.3, 0.4) is 0 Å². The third kappa shape index (κ3) is 5.12. The van der Waals surface area contributed by atoms with Crippen LogP contribution in [0.15, 0.2) is 36.4 Å². The number of ether oxygens (including phenoxy) is 1. The van der Waals surface area contributed by atoms with Gasteiger partial charge in [0.25, 0.3) is 5.91 Å². The number of benzene rings is 1. The van der Waals surface area contributed by atoms with Crippen molar-refractivity contribution in [3.8, 4) is 0 Å². The standard InChI is InChI=1S/C25H31NO3S/c1-2-18-8-9-22-21(15-18)16-23(30-22)25(28)29-17-24(27)26-12-10-20(11-13-26)14-19-6-4-3-5-7-19/h3-7,16,18,20H,2,8-15,17H2,1H3/t18-/m0/s1. The lowest BCUT2D eigenvalue weighted by molar-refractivity contribution is -0.135. The second kappa shape index (κ2) is 9.78. The maximum Gasteiger partial charge on any atom is 0.348 e. The van der Waals surface area contributed by atoms with Gasteiger partial charge in [0.1, 0.15) is 4.88 Å². The van der Waals surface area contributed by atoms with Gasteiger partial charge in [0.05, 0.1) is 0 Å². The van der Waals surface area contributed by atoms with Crippen LogP contribution in [0.1, 0.15) is 58.3 Å². The Morgan fingerprint density at radius 3 is 2.60 bits per heavy atom. The summed E-state index contributed by atoms with van der Waals surface area (Å²) in [6.07, 6.45) is 7.59. The molecule has 30 heavy (non-hydrogen) atoms. The monoisotopic (exact) mass is 425 g/mol. The van der Waals surface area contributed by atoms with E-state index in [1.807, 2.05) is 17.0 Å². The van der Waals surface area contributed by atoms with Crippen molar-refractivity contribution in [1.82, 2.24) is 4.90 Å². The summed E-state index contributed by atoms with van der Waals surface area (Å²) in [7, 11) is 0. The van der Waals surface area contributed by atoms with Gasteiger partial charge in [-0.2, -0.15) is 0 Å². The van der Waals surface area contributed by atoms with Crippen molar-refractivity contribution < 1.29 is 14.3 Å². The summed E-state index contributed by atoms with van der Waals surface area (Å²) in [6.45, 7) is 3.58. The minimum atomic E-state index is -0.352. The molecule has 0 radical (unpaired) electrons. The van der Waals surface area contributed by atoms with E-state index in [9.17, 15) is 9.59 Å². The highest BCUT2D eigenvalue weighted by Gasteiger charge is 2.25. The van der Waals surface area contributed by atoms with E-state index in [4.69, 9.17) is 4.74 Å². The zero-order valence-electron chi connectivity index (χ0n) is 17.8. The molecule has 0 saturated carbocycles. The second-order valence-corrected chi connectivity index (χ2v) is 9.80. The Kier molecular flexibility index (Phi) is 6.88. The number of thiophene rings is 1. The van der Waals surface area contributed by atoms with Crippen LogP contribution in [-0.4, -0.2) is 36.5 Å². The van der Waals surface area contributed by atoms with E-state index < -0.39 is 0 Å². The molecule has 1 aliphatic carbocycles. The number of carbonyl (C=O) groups is 2. The Morgan fingerprint density at radius 2 is 1.87 bits per heavy atom. The first-order chi connectivity index (χ1) is 14.6. The number of nitrogens with zero attached hydrogens (tertiary/aromatic N) is 1. The van der Waals surface area contributed by atoms with E-state index in [0.717, 1.165) is 51.1 Å².